The van der Waals surface area contributed by atoms with Gasteiger partial charge in [0.25, 0.3) is 0 Å². The lowest BCUT2D eigenvalue weighted by atomic mass is 9.82. The second kappa shape index (κ2) is 8.09. The second-order valence-corrected chi connectivity index (χ2v) is 6.50. The van der Waals surface area contributed by atoms with Gasteiger partial charge in [0, 0.05) is 18.8 Å². The summed E-state index contributed by atoms with van der Waals surface area (Å²) in [5.74, 6) is 0.384. The van der Waals surface area contributed by atoms with E-state index in [1.165, 1.54) is 0 Å². The molecule has 0 aromatic heterocycles. The van der Waals surface area contributed by atoms with Crippen LogP contribution in [0.1, 0.15) is 59.3 Å². The molecule has 126 valence electrons. The van der Waals surface area contributed by atoms with Crippen molar-refractivity contribution in [3.05, 3.63) is 11.3 Å². The Morgan fingerprint density at radius 3 is 2.55 bits per heavy atom. The summed E-state index contributed by atoms with van der Waals surface area (Å²) in [4.78, 5) is 18.1. The summed E-state index contributed by atoms with van der Waals surface area (Å²) in [6, 6.07) is -0.224. The molecule has 0 bridgehead atoms. The van der Waals surface area contributed by atoms with Crippen LogP contribution in [0.4, 0.5) is 0 Å². The van der Waals surface area contributed by atoms with E-state index < -0.39 is 0 Å². The zero-order valence-electron chi connectivity index (χ0n) is 13.9. The predicted molar refractivity (Wildman–Crippen MR) is 84.4 cm³/mol. The van der Waals surface area contributed by atoms with E-state index in [-0.39, 0.29) is 35.7 Å². The number of nitrogens with one attached hydrogen (secondary N) is 1. The standard InChI is InChI=1S/C17H29NO4/c1-4-6-11(3)22-18-13(7-5-2)17-14(19)8-12(9-15(17)20)16-10-21-16/h11-13,16,18-19H,4-10H2,1-3H3. The number of aliphatic hydroxyl groups is 1. The highest BCUT2D eigenvalue weighted by molar-refractivity contribution is 5.98. The smallest absolute Gasteiger partial charge is 0.164 e. The van der Waals surface area contributed by atoms with Gasteiger partial charge in [-0.25, -0.2) is 0 Å². The maximum atomic E-state index is 12.5. The summed E-state index contributed by atoms with van der Waals surface area (Å²) in [7, 11) is 0. The van der Waals surface area contributed by atoms with E-state index in [1.54, 1.807) is 0 Å². The normalized spacial score (nSPS) is 27.9. The van der Waals surface area contributed by atoms with Gasteiger partial charge in [-0.2, -0.15) is 5.48 Å². The maximum absolute atomic E-state index is 12.5. The Hall–Kier alpha value is -0.910. The van der Waals surface area contributed by atoms with Crippen LogP contribution in [-0.4, -0.2) is 35.7 Å². The first-order valence-corrected chi connectivity index (χ1v) is 8.54. The fourth-order valence-electron chi connectivity index (χ4n) is 3.14. The van der Waals surface area contributed by atoms with Crippen molar-refractivity contribution < 1.29 is 19.5 Å². The van der Waals surface area contributed by atoms with Crippen LogP contribution in [0, 0.1) is 5.92 Å². The fraction of sp³-hybridized carbons (Fsp3) is 0.824. The Bertz CT molecular complexity index is 417. The third kappa shape index (κ3) is 4.54. The SMILES string of the molecule is CCCC(C)ONC(CCC)C1=C(O)CC(C2CO2)CC1=O. The van der Waals surface area contributed by atoms with Gasteiger partial charge in [-0.15, -0.1) is 0 Å². The number of epoxide rings is 1. The zero-order chi connectivity index (χ0) is 16.1. The third-order valence-corrected chi connectivity index (χ3v) is 4.43. The van der Waals surface area contributed by atoms with E-state index in [0.29, 0.717) is 18.4 Å². The molecular formula is C17H29NO4. The summed E-state index contributed by atoms with van der Waals surface area (Å²) in [5, 5.41) is 10.4. The zero-order valence-corrected chi connectivity index (χ0v) is 13.9. The monoisotopic (exact) mass is 311 g/mol. The molecule has 4 atom stereocenters. The first-order valence-electron chi connectivity index (χ1n) is 8.54. The highest BCUT2D eigenvalue weighted by atomic mass is 16.7. The van der Waals surface area contributed by atoms with Crippen molar-refractivity contribution in [1.82, 2.24) is 5.48 Å². The number of rotatable bonds is 9. The van der Waals surface area contributed by atoms with Crippen molar-refractivity contribution >= 4 is 5.78 Å². The largest absolute Gasteiger partial charge is 0.512 e. The predicted octanol–water partition coefficient (Wildman–Crippen LogP) is 3.05. The number of hydrogen-bond acceptors (Lipinski definition) is 5. The topological polar surface area (TPSA) is 71.1 Å². The first kappa shape index (κ1) is 17.4. The summed E-state index contributed by atoms with van der Waals surface area (Å²) < 4.78 is 5.27. The average molecular weight is 311 g/mol. The number of hydrogen-bond donors (Lipinski definition) is 2. The second-order valence-electron chi connectivity index (χ2n) is 6.50. The Labute approximate surface area is 133 Å². The number of carbonyl (C=O) groups is 1. The molecule has 22 heavy (non-hydrogen) atoms. The molecule has 0 amide bonds. The molecule has 0 saturated carbocycles. The molecule has 1 aliphatic heterocycles. The van der Waals surface area contributed by atoms with E-state index in [2.05, 4.69) is 19.3 Å². The van der Waals surface area contributed by atoms with Crippen LogP contribution in [-0.2, 0) is 14.4 Å². The minimum atomic E-state index is -0.224. The Morgan fingerprint density at radius 2 is 2.00 bits per heavy atom. The highest BCUT2D eigenvalue weighted by Crippen LogP contribution is 2.35. The van der Waals surface area contributed by atoms with Crippen molar-refractivity contribution in [1.29, 1.82) is 0 Å². The van der Waals surface area contributed by atoms with Crippen LogP contribution >= 0.6 is 0 Å². The van der Waals surface area contributed by atoms with E-state index in [4.69, 9.17) is 9.57 Å². The molecule has 1 heterocycles. The van der Waals surface area contributed by atoms with Crippen molar-refractivity contribution in [3.8, 4) is 0 Å². The molecule has 0 aromatic carbocycles. The van der Waals surface area contributed by atoms with Crippen molar-refractivity contribution in [2.45, 2.75) is 77.5 Å². The van der Waals surface area contributed by atoms with Gasteiger partial charge >= 0.3 is 0 Å². The number of ether oxygens (including phenoxy) is 1. The Morgan fingerprint density at radius 1 is 1.32 bits per heavy atom. The maximum Gasteiger partial charge on any atom is 0.164 e. The molecule has 5 heteroatoms. The number of aliphatic hydroxyl groups excluding tert-OH is 1. The number of hydroxylamine groups is 1. The van der Waals surface area contributed by atoms with Crippen LogP contribution in [0.15, 0.2) is 11.3 Å². The van der Waals surface area contributed by atoms with Gasteiger partial charge in [-0.1, -0.05) is 26.7 Å². The molecule has 1 fully saturated rings. The first-order chi connectivity index (χ1) is 10.6. The molecule has 0 spiro atoms. The number of ketones is 1. The van der Waals surface area contributed by atoms with Crippen LogP contribution < -0.4 is 5.48 Å². The molecule has 2 N–H and O–H groups in total. The molecule has 1 saturated heterocycles. The van der Waals surface area contributed by atoms with Gasteiger partial charge in [0.05, 0.1) is 30.4 Å². The van der Waals surface area contributed by atoms with Gasteiger partial charge in [0.15, 0.2) is 5.78 Å². The lowest BCUT2D eigenvalue weighted by molar-refractivity contribution is -0.119. The molecule has 0 aromatic rings. The molecule has 4 unspecified atom stereocenters. The number of allylic oxidation sites excluding steroid dienone is 1. The number of carbonyl (C=O) groups excluding carboxylic acids is 1. The number of Topliss-reactive ketones (excluding diaryl/α,β-unsaturated/α-hetero) is 1. The molecule has 0 radical (unpaired) electrons. The summed E-state index contributed by atoms with van der Waals surface area (Å²) in [5.41, 5.74) is 3.54. The van der Waals surface area contributed by atoms with E-state index in [9.17, 15) is 9.90 Å². The highest BCUT2D eigenvalue weighted by Gasteiger charge is 2.40. The minimum absolute atomic E-state index is 0.0296. The minimum Gasteiger partial charge on any atom is -0.512 e. The lowest BCUT2D eigenvalue weighted by Crippen LogP contribution is -2.39. The summed E-state index contributed by atoms with van der Waals surface area (Å²) in [6.45, 7) is 6.91. The van der Waals surface area contributed by atoms with Gasteiger partial charge in [0.1, 0.15) is 5.76 Å². The van der Waals surface area contributed by atoms with E-state index >= 15 is 0 Å². The Kier molecular flexibility index (Phi) is 6.41. The average Bonchev–Trinajstić information content (AvgIpc) is 3.28. The molecular weight excluding hydrogens is 282 g/mol. The van der Waals surface area contributed by atoms with E-state index in [1.807, 2.05) is 6.92 Å². The third-order valence-electron chi connectivity index (χ3n) is 4.43. The summed E-state index contributed by atoms with van der Waals surface area (Å²) in [6.07, 6.45) is 4.97. The fourth-order valence-corrected chi connectivity index (χ4v) is 3.14. The van der Waals surface area contributed by atoms with Crippen LogP contribution in [0.5, 0.6) is 0 Å². The Balaban J connectivity index is 2.02. The molecule has 2 aliphatic rings. The van der Waals surface area contributed by atoms with Crippen LogP contribution in [0.2, 0.25) is 0 Å². The lowest BCUT2D eigenvalue weighted by Gasteiger charge is -2.28. The van der Waals surface area contributed by atoms with Gasteiger partial charge in [0.2, 0.25) is 0 Å². The van der Waals surface area contributed by atoms with Crippen LogP contribution in [0.25, 0.3) is 0 Å². The van der Waals surface area contributed by atoms with Gasteiger partial charge in [-0.3, -0.25) is 9.63 Å². The van der Waals surface area contributed by atoms with E-state index in [0.717, 1.165) is 32.3 Å². The van der Waals surface area contributed by atoms with Crippen molar-refractivity contribution in [2.75, 3.05) is 6.61 Å². The molecule has 2 rings (SSSR count). The van der Waals surface area contributed by atoms with Gasteiger partial charge in [-0.05, 0) is 19.8 Å². The van der Waals surface area contributed by atoms with Crippen molar-refractivity contribution in [2.24, 2.45) is 5.92 Å². The molecule has 5 nitrogen and oxygen atoms in total. The summed E-state index contributed by atoms with van der Waals surface area (Å²) >= 11 is 0. The van der Waals surface area contributed by atoms with Crippen molar-refractivity contribution in [3.63, 3.8) is 0 Å². The molecule has 1 aliphatic carbocycles. The van der Waals surface area contributed by atoms with Gasteiger partial charge < -0.3 is 9.84 Å². The quantitative estimate of drug-likeness (QED) is 0.506. The van der Waals surface area contributed by atoms with Crippen LogP contribution in [0.3, 0.4) is 0 Å².